The topological polar surface area (TPSA) is 46.3 Å². The minimum atomic E-state index is 0.137. The van der Waals surface area contributed by atoms with E-state index in [-0.39, 0.29) is 5.91 Å². The highest BCUT2D eigenvalue weighted by Crippen LogP contribution is 2.29. The highest BCUT2D eigenvalue weighted by molar-refractivity contribution is 5.96. The number of carbonyl (C=O) groups is 1. The Morgan fingerprint density at radius 3 is 2.90 bits per heavy atom. The molecule has 2 N–H and O–H groups in total. The Labute approximate surface area is 119 Å². The zero-order valence-corrected chi connectivity index (χ0v) is 11.6. The molecule has 3 rings (SSSR count). The van der Waals surface area contributed by atoms with E-state index in [1.165, 1.54) is 11.1 Å². The second-order valence-electron chi connectivity index (χ2n) is 5.35. The van der Waals surface area contributed by atoms with E-state index in [4.69, 9.17) is 5.73 Å². The van der Waals surface area contributed by atoms with E-state index in [2.05, 4.69) is 25.1 Å². The quantitative estimate of drug-likeness (QED) is 0.849. The molecule has 1 aliphatic rings. The minimum absolute atomic E-state index is 0.137. The average Bonchev–Trinajstić information content (AvgIpc) is 2.81. The second kappa shape index (κ2) is 5.00. The molecule has 102 valence electrons. The molecule has 0 spiro atoms. The van der Waals surface area contributed by atoms with Gasteiger partial charge in [-0.2, -0.15) is 0 Å². The maximum Gasteiger partial charge on any atom is 0.231 e. The van der Waals surface area contributed by atoms with Gasteiger partial charge in [-0.1, -0.05) is 29.8 Å². The summed E-state index contributed by atoms with van der Waals surface area (Å²) in [5, 5.41) is 0. The lowest BCUT2D eigenvalue weighted by atomic mass is 10.1. The van der Waals surface area contributed by atoms with Crippen LogP contribution in [0.2, 0.25) is 0 Å². The van der Waals surface area contributed by atoms with Gasteiger partial charge in [-0.15, -0.1) is 0 Å². The summed E-state index contributed by atoms with van der Waals surface area (Å²) in [4.78, 5) is 14.3. The summed E-state index contributed by atoms with van der Waals surface area (Å²) in [5.41, 5.74) is 11.0. The van der Waals surface area contributed by atoms with E-state index >= 15 is 0 Å². The zero-order chi connectivity index (χ0) is 14.1. The van der Waals surface area contributed by atoms with Gasteiger partial charge in [-0.25, -0.2) is 0 Å². The second-order valence-corrected chi connectivity index (χ2v) is 5.35. The Kier molecular flexibility index (Phi) is 3.18. The predicted molar refractivity (Wildman–Crippen MR) is 81.8 cm³/mol. The van der Waals surface area contributed by atoms with Gasteiger partial charge in [-0.05, 0) is 42.7 Å². The van der Waals surface area contributed by atoms with Gasteiger partial charge in [0, 0.05) is 17.9 Å². The fourth-order valence-electron chi connectivity index (χ4n) is 2.76. The Bertz CT molecular complexity index is 664. The molecule has 0 bridgehead atoms. The smallest absolute Gasteiger partial charge is 0.231 e. The van der Waals surface area contributed by atoms with Crippen molar-refractivity contribution in [1.29, 1.82) is 0 Å². The molecule has 2 aromatic rings. The third-order valence-electron chi connectivity index (χ3n) is 3.74. The molecule has 0 saturated heterocycles. The molecule has 0 saturated carbocycles. The van der Waals surface area contributed by atoms with Crippen LogP contribution in [-0.2, 0) is 17.6 Å². The molecule has 0 radical (unpaired) electrons. The number of carbonyl (C=O) groups excluding carboxylic acids is 1. The first-order valence-corrected chi connectivity index (χ1v) is 6.88. The van der Waals surface area contributed by atoms with Crippen molar-refractivity contribution in [3.05, 3.63) is 59.2 Å². The van der Waals surface area contributed by atoms with Crippen molar-refractivity contribution in [1.82, 2.24) is 0 Å². The largest absolute Gasteiger partial charge is 0.399 e. The zero-order valence-electron chi connectivity index (χ0n) is 11.6. The Balaban J connectivity index is 1.80. The summed E-state index contributed by atoms with van der Waals surface area (Å²) in [7, 11) is 0. The van der Waals surface area contributed by atoms with Gasteiger partial charge in [0.2, 0.25) is 5.91 Å². The normalized spacial score (nSPS) is 13.3. The number of nitrogens with zero attached hydrogens (tertiary/aromatic N) is 1. The molecule has 20 heavy (non-hydrogen) atoms. The Hall–Kier alpha value is -2.29. The van der Waals surface area contributed by atoms with Crippen LogP contribution in [0.4, 0.5) is 11.4 Å². The summed E-state index contributed by atoms with van der Waals surface area (Å²) in [6, 6.07) is 13.8. The Morgan fingerprint density at radius 2 is 2.10 bits per heavy atom. The number of benzene rings is 2. The van der Waals surface area contributed by atoms with Crippen LogP contribution in [0.5, 0.6) is 0 Å². The van der Waals surface area contributed by atoms with E-state index in [9.17, 15) is 4.79 Å². The summed E-state index contributed by atoms with van der Waals surface area (Å²) < 4.78 is 0. The van der Waals surface area contributed by atoms with Crippen molar-refractivity contribution in [3.8, 4) is 0 Å². The molecule has 0 aliphatic carbocycles. The number of fused-ring (bicyclic) bond motifs is 1. The van der Waals surface area contributed by atoms with E-state index < -0.39 is 0 Å². The maximum atomic E-state index is 12.5. The monoisotopic (exact) mass is 266 g/mol. The van der Waals surface area contributed by atoms with Crippen molar-refractivity contribution in [2.24, 2.45) is 0 Å². The molecule has 0 unspecified atom stereocenters. The van der Waals surface area contributed by atoms with E-state index in [1.807, 2.05) is 29.2 Å². The fourth-order valence-corrected chi connectivity index (χ4v) is 2.76. The number of amides is 1. The van der Waals surface area contributed by atoms with E-state index in [1.54, 1.807) is 0 Å². The van der Waals surface area contributed by atoms with Gasteiger partial charge in [0.15, 0.2) is 0 Å². The van der Waals surface area contributed by atoms with E-state index in [0.717, 1.165) is 24.2 Å². The number of nitrogens with two attached hydrogens (primary N) is 1. The number of anilines is 2. The van der Waals surface area contributed by atoms with Crippen molar-refractivity contribution >= 4 is 17.3 Å². The van der Waals surface area contributed by atoms with Gasteiger partial charge in [-0.3, -0.25) is 4.79 Å². The van der Waals surface area contributed by atoms with E-state index in [0.29, 0.717) is 12.1 Å². The van der Waals surface area contributed by atoms with Crippen LogP contribution in [0, 0.1) is 6.92 Å². The van der Waals surface area contributed by atoms with Crippen molar-refractivity contribution in [2.45, 2.75) is 19.8 Å². The van der Waals surface area contributed by atoms with Crippen molar-refractivity contribution in [2.75, 3.05) is 17.2 Å². The van der Waals surface area contributed by atoms with Gasteiger partial charge in [0.25, 0.3) is 0 Å². The number of nitrogen functional groups attached to an aromatic ring is 1. The summed E-state index contributed by atoms with van der Waals surface area (Å²) >= 11 is 0. The van der Waals surface area contributed by atoms with Gasteiger partial charge < -0.3 is 10.6 Å². The molecule has 3 nitrogen and oxygen atoms in total. The summed E-state index contributed by atoms with van der Waals surface area (Å²) in [5.74, 6) is 0.137. The molecule has 1 aliphatic heterocycles. The minimum Gasteiger partial charge on any atom is -0.399 e. The first-order valence-electron chi connectivity index (χ1n) is 6.88. The Morgan fingerprint density at radius 1 is 1.25 bits per heavy atom. The first-order chi connectivity index (χ1) is 9.63. The number of aryl methyl sites for hydroxylation is 1. The van der Waals surface area contributed by atoms with Gasteiger partial charge in [0.1, 0.15) is 0 Å². The highest BCUT2D eigenvalue weighted by atomic mass is 16.2. The number of hydrogen-bond donors (Lipinski definition) is 1. The van der Waals surface area contributed by atoms with Gasteiger partial charge in [0.05, 0.1) is 6.42 Å². The maximum absolute atomic E-state index is 12.5. The van der Waals surface area contributed by atoms with Crippen LogP contribution >= 0.6 is 0 Å². The molecule has 1 heterocycles. The highest BCUT2D eigenvalue weighted by Gasteiger charge is 2.24. The van der Waals surface area contributed by atoms with Crippen LogP contribution < -0.4 is 10.6 Å². The van der Waals surface area contributed by atoms with Crippen molar-refractivity contribution in [3.63, 3.8) is 0 Å². The third-order valence-corrected chi connectivity index (χ3v) is 3.74. The number of rotatable bonds is 2. The standard InChI is InChI=1S/C17H18N2O/c1-12-5-6-16-14(9-12)7-8-19(16)17(20)11-13-3-2-4-15(18)10-13/h2-6,9-10H,7-8,11,18H2,1H3. The summed E-state index contributed by atoms with van der Waals surface area (Å²) in [6.45, 7) is 2.86. The third kappa shape index (κ3) is 2.39. The molecule has 0 aromatic heterocycles. The SMILES string of the molecule is Cc1ccc2c(c1)CCN2C(=O)Cc1cccc(N)c1. The molecular weight excluding hydrogens is 248 g/mol. The van der Waals surface area contributed by atoms with Gasteiger partial charge >= 0.3 is 0 Å². The molecule has 0 fully saturated rings. The van der Waals surface area contributed by atoms with Crippen LogP contribution in [0.15, 0.2) is 42.5 Å². The van der Waals surface area contributed by atoms with Crippen LogP contribution in [0.3, 0.4) is 0 Å². The average molecular weight is 266 g/mol. The molecule has 3 heteroatoms. The molecule has 1 amide bonds. The summed E-state index contributed by atoms with van der Waals surface area (Å²) in [6.07, 6.45) is 1.35. The van der Waals surface area contributed by atoms with Crippen LogP contribution in [-0.4, -0.2) is 12.5 Å². The predicted octanol–water partition coefficient (Wildman–Crippen LogP) is 2.71. The lowest BCUT2D eigenvalue weighted by Crippen LogP contribution is -2.30. The first kappa shape index (κ1) is 12.7. The van der Waals surface area contributed by atoms with Crippen LogP contribution in [0.1, 0.15) is 16.7 Å². The van der Waals surface area contributed by atoms with Crippen molar-refractivity contribution < 1.29 is 4.79 Å². The fraction of sp³-hybridized carbons (Fsp3) is 0.235. The molecular formula is C17H18N2O. The molecule has 0 atom stereocenters. The number of hydrogen-bond acceptors (Lipinski definition) is 2. The lowest BCUT2D eigenvalue weighted by molar-refractivity contribution is -0.117. The lowest BCUT2D eigenvalue weighted by Gasteiger charge is -2.17. The molecule has 2 aromatic carbocycles. The van der Waals surface area contributed by atoms with Crippen LogP contribution in [0.25, 0.3) is 0 Å².